The molecule has 0 bridgehead atoms. The molecule has 0 fully saturated rings. The first kappa shape index (κ1) is 15.3. The molecular formula is C14H16F3NO. The number of carbonyl (C=O) groups excluding carboxylic acids is 1. The molecule has 0 aliphatic rings. The Labute approximate surface area is 110 Å². The van der Waals surface area contributed by atoms with Gasteiger partial charge in [0.25, 0.3) is 5.78 Å². The lowest BCUT2D eigenvalue weighted by molar-refractivity contribution is -0.164. The number of allylic oxidation sites excluding steroid dienone is 1. The first-order valence-electron chi connectivity index (χ1n) is 6.03. The third-order valence-electron chi connectivity index (χ3n) is 2.71. The van der Waals surface area contributed by atoms with E-state index in [9.17, 15) is 18.0 Å². The third-order valence-corrected chi connectivity index (χ3v) is 2.71. The number of carbonyl (C=O) groups is 1. The second kappa shape index (κ2) is 6.41. The van der Waals surface area contributed by atoms with Crippen LogP contribution in [0.2, 0.25) is 0 Å². The Morgan fingerprint density at radius 2 is 1.68 bits per heavy atom. The average molecular weight is 271 g/mol. The quantitative estimate of drug-likeness (QED) is 0.764. The molecule has 0 unspecified atom stereocenters. The van der Waals surface area contributed by atoms with Gasteiger partial charge >= 0.3 is 6.18 Å². The van der Waals surface area contributed by atoms with Gasteiger partial charge in [0.1, 0.15) is 0 Å². The largest absolute Gasteiger partial charge is 0.454 e. The van der Waals surface area contributed by atoms with Crippen LogP contribution in [0.25, 0.3) is 5.57 Å². The van der Waals surface area contributed by atoms with Crippen molar-refractivity contribution in [3.05, 3.63) is 42.1 Å². The first-order chi connectivity index (χ1) is 8.90. The highest BCUT2D eigenvalue weighted by molar-refractivity contribution is 6.23. The summed E-state index contributed by atoms with van der Waals surface area (Å²) in [5.41, 5.74) is -0.0477. The Morgan fingerprint density at radius 3 is 2.11 bits per heavy atom. The van der Waals surface area contributed by atoms with Gasteiger partial charge < -0.3 is 4.90 Å². The number of alkyl halides is 3. The topological polar surface area (TPSA) is 20.3 Å². The number of Topliss-reactive ketones (excluding diaryl/α,β-unsaturated/α-hetero) is 1. The molecule has 2 nitrogen and oxygen atoms in total. The molecule has 0 aliphatic heterocycles. The molecule has 0 heterocycles. The van der Waals surface area contributed by atoms with E-state index in [1.165, 1.54) is 18.3 Å². The van der Waals surface area contributed by atoms with E-state index in [4.69, 9.17) is 0 Å². The van der Waals surface area contributed by atoms with E-state index in [0.717, 1.165) is 0 Å². The van der Waals surface area contributed by atoms with Crippen LogP contribution in [0.3, 0.4) is 0 Å². The van der Waals surface area contributed by atoms with E-state index in [1.807, 2.05) is 13.8 Å². The van der Waals surface area contributed by atoms with E-state index < -0.39 is 12.0 Å². The van der Waals surface area contributed by atoms with Crippen LogP contribution in [-0.4, -0.2) is 29.9 Å². The fraction of sp³-hybridized carbons (Fsp3) is 0.357. The minimum atomic E-state index is -4.87. The highest BCUT2D eigenvalue weighted by Gasteiger charge is 2.41. The number of rotatable bonds is 5. The van der Waals surface area contributed by atoms with Gasteiger partial charge in [-0.2, -0.15) is 13.2 Å². The van der Waals surface area contributed by atoms with Crippen molar-refractivity contribution in [3.8, 4) is 0 Å². The lowest BCUT2D eigenvalue weighted by Crippen LogP contribution is -2.26. The Kier molecular flexibility index (Phi) is 5.15. The standard InChI is InChI=1S/C14H16F3NO/c1-3-18(4-2)10-12(13(19)14(15,16)17)11-8-6-5-7-9-11/h5-10H,3-4H2,1-2H3/b12-10-. The van der Waals surface area contributed by atoms with Gasteiger partial charge in [0, 0.05) is 19.3 Å². The molecule has 0 saturated carbocycles. The molecule has 1 aromatic rings. The summed E-state index contributed by atoms with van der Waals surface area (Å²) in [6.07, 6.45) is -3.58. The van der Waals surface area contributed by atoms with Crippen LogP contribution in [0.5, 0.6) is 0 Å². The maximum absolute atomic E-state index is 12.6. The zero-order chi connectivity index (χ0) is 14.5. The summed E-state index contributed by atoms with van der Waals surface area (Å²) in [5.74, 6) is -1.81. The third kappa shape index (κ3) is 4.12. The normalized spacial score (nSPS) is 12.4. The second-order valence-corrected chi connectivity index (χ2v) is 3.96. The summed E-state index contributed by atoms with van der Waals surface area (Å²) < 4.78 is 37.9. The highest BCUT2D eigenvalue weighted by Crippen LogP contribution is 2.27. The second-order valence-electron chi connectivity index (χ2n) is 3.96. The number of halogens is 3. The summed E-state index contributed by atoms with van der Waals surface area (Å²) in [7, 11) is 0. The fourth-order valence-corrected chi connectivity index (χ4v) is 1.62. The van der Waals surface area contributed by atoms with Gasteiger partial charge in [-0.25, -0.2) is 0 Å². The van der Waals surface area contributed by atoms with Crippen molar-refractivity contribution in [1.82, 2.24) is 4.90 Å². The van der Waals surface area contributed by atoms with Crippen LogP contribution in [0.15, 0.2) is 36.5 Å². The van der Waals surface area contributed by atoms with Gasteiger partial charge in [-0.05, 0) is 19.4 Å². The van der Waals surface area contributed by atoms with Crippen LogP contribution in [0.4, 0.5) is 13.2 Å². The number of hydrogen-bond donors (Lipinski definition) is 0. The lowest BCUT2D eigenvalue weighted by Gasteiger charge is -2.18. The lowest BCUT2D eigenvalue weighted by atomic mass is 10.0. The molecular weight excluding hydrogens is 255 g/mol. The van der Waals surface area contributed by atoms with E-state index >= 15 is 0 Å². The summed E-state index contributed by atoms with van der Waals surface area (Å²) >= 11 is 0. The van der Waals surface area contributed by atoms with Crippen LogP contribution in [-0.2, 0) is 4.79 Å². The molecule has 0 spiro atoms. The number of benzene rings is 1. The number of ketones is 1. The maximum Gasteiger partial charge on any atom is 0.454 e. The van der Waals surface area contributed by atoms with E-state index in [0.29, 0.717) is 13.1 Å². The van der Waals surface area contributed by atoms with Crippen LogP contribution in [0, 0.1) is 0 Å². The summed E-state index contributed by atoms with van der Waals surface area (Å²) in [6, 6.07) is 7.90. The van der Waals surface area contributed by atoms with Crippen LogP contribution < -0.4 is 0 Å². The molecule has 0 radical (unpaired) electrons. The van der Waals surface area contributed by atoms with Crippen molar-refractivity contribution >= 4 is 11.4 Å². The van der Waals surface area contributed by atoms with E-state index in [-0.39, 0.29) is 11.1 Å². The van der Waals surface area contributed by atoms with Crippen molar-refractivity contribution in [2.45, 2.75) is 20.0 Å². The molecule has 104 valence electrons. The van der Waals surface area contributed by atoms with Crippen LogP contribution in [0.1, 0.15) is 19.4 Å². The van der Waals surface area contributed by atoms with Gasteiger partial charge in [-0.1, -0.05) is 30.3 Å². The SMILES string of the molecule is CCN(/C=C(\C(=O)C(F)(F)F)c1ccccc1)CC. The molecule has 0 N–H and O–H groups in total. The summed E-state index contributed by atoms with van der Waals surface area (Å²) in [5, 5.41) is 0. The van der Waals surface area contributed by atoms with Gasteiger partial charge in [0.15, 0.2) is 0 Å². The van der Waals surface area contributed by atoms with Crippen molar-refractivity contribution in [1.29, 1.82) is 0 Å². The van der Waals surface area contributed by atoms with Crippen molar-refractivity contribution in [2.75, 3.05) is 13.1 Å². The molecule has 0 amide bonds. The molecule has 0 aliphatic carbocycles. The predicted octanol–water partition coefficient (Wildman–Crippen LogP) is 3.50. The van der Waals surface area contributed by atoms with Gasteiger partial charge in [-0.15, -0.1) is 0 Å². The summed E-state index contributed by atoms with van der Waals surface area (Å²) in [4.78, 5) is 13.2. The Balaban J connectivity index is 3.23. The average Bonchev–Trinajstić information content (AvgIpc) is 2.39. The minimum absolute atomic E-state index is 0.275. The monoisotopic (exact) mass is 271 g/mol. The molecule has 5 heteroatoms. The minimum Gasteiger partial charge on any atom is -0.377 e. The molecule has 0 saturated heterocycles. The van der Waals surface area contributed by atoms with Crippen molar-refractivity contribution < 1.29 is 18.0 Å². The van der Waals surface area contributed by atoms with Gasteiger partial charge in [0.05, 0.1) is 5.57 Å². The van der Waals surface area contributed by atoms with Gasteiger partial charge in [0.2, 0.25) is 0 Å². The number of nitrogens with zero attached hydrogens (tertiary/aromatic N) is 1. The smallest absolute Gasteiger partial charge is 0.377 e. The van der Waals surface area contributed by atoms with Crippen molar-refractivity contribution in [2.24, 2.45) is 0 Å². The number of hydrogen-bond acceptors (Lipinski definition) is 2. The van der Waals surface area contributed by atoms with E-state index in [2.05, 4.69) is 0 Å². The van der Waals surface area contributed by atoms with Gasteiger partial charge in [-0.3, -0.25) is 4.79 Å². The first-order valence-corrected chi connectivity index (χ1v) is 6.03. The molecule has 0 atom stereocenters. The molecule has 0 aromatic heterocycles. The zero-order valence-electron chi connectivity index (χ0n) is 10.9. The molecule has 19 heavy (non-hydrogen) atoms. The van der Waals surface area contributed by atoms with Crippen molar-refractivity contribution in [3.63, 3.8) is 0 Å². The zero-order valence-corrected chi connectivity index (χ0v) is 10.9. The Bertz CT molecular complexity index is 448. The maximum atomic E-state index is 12.6. The predicted molar refractivity (Wildman–Crippen MR) is 68.4 cm³/mol. The Morgan fingerprint density at radius 1 is 1.16 bits per heavy atom. The Hall–Kier alpha value is -1.78. The fourth-order valence-electron chi connectivity index (χ4n) is 1.62. The molecule has 1 aromatic carbocycles. The summed E-state index contributed by atoms with van der Waals surface area (Å²) in [6.45, 7) is 4.72. The molecule has 1 rings (SSSR count). The van der Waals surface area contributed by atoms with Crippen LogP contribution >= 0.6 is 0 Å². The van der Waals surface area contributed by atoms with E-state index in [1.54, 1.807) is 23.1 Å². The highest BCUT2D eigenvalue weighted by atomic mass is 19.4.